The number of aliphatic hydroxyl groups excluding tert-OH is 1. The quantitative estimate of drug-likeness (QED) is 0.427. The summed E-state index contributed by atoms with van der Waals surface area (Å²) in [7, 11) is 0. The number of halogens is 1. The van der Waals surface area contributed by atoms with Crippen LogP contribution < -0.4 is 0 Å². The molecule has 1 heterocycles. The van der Waals surface area contributed by atoms with Crippen molar-refractivity contribution in [2.45, 2.75) is 123 Å². The standard InChI is InChI=1S/C29H50FNO/c1-19-7-6-8-22(13-19)14-20(2)29(32)24-11-12-25(18-30)27(16-24)17-26-15-23-9-4-5-10-28(23)31-21(26)3/h19-20,22-29,32H,4-18H2,1-3H3. The predicted octanol–water partition coefficient (Wildman–Crippen LogP) is 7.63. The zero-order valence-electron chi connectivity index (χ0n) is 21.2. The second-order valence-corrected chi connectivity index (χ2v) is 12.6. The third kappa shape index (κ3) is 5.97. The number of rotatable bonds is 7. The van der Waals surface area contributed by atoms with E-state index in [2.05, 4.69) is 20.8 Å². The summed E-state index contributed by atoms with van der Waals surface area (Å²) in [5.41, 5.74) is 1.34. The van der Waals surface area contributed by atoms with Crippen LogP contribution in [0.3, 0.4) is 0 Å². The van der Waals surface area contributed by atoms with Crippen molar-refractivity contribution in [2.75, 3.05) is 6.67 Å². The molecule has 0 amide bonds. The van der Waals surface area contributed by atoms with Gasteiger partial charge >= 0.3 is 0 Å². The van der Waals surface area contributed by atoms with Gasteiger partial charge in [-0.05, 0) is 112 Å². The molecule has 0 saturated heterocycles. The summed E-state index contributed by atoms with van der Waals surface area (Å²) in [5, 5.41) is 11.3. The molecule has 4 aliphatic rings. The zero-order valence-corrected chi connectivity index (χ0v) is 21.2. The number of alkyl halides is 1. The zero-order chi connectivity index (χ0) is 22.7. The molecular weight excluding hydrogens is 397 g/mol. The first-order valence-corrected chi connectivity index (χ1v) is 14.2. The molecule has 32 heavy (non-hydrogen) atoms. The maximum Gasteiger partial charge on any atom is 0.0925 e. The molecule has 0 aromatic carbocycles. The van der Waals surface area contributed by atoms with Crippen LogP contribution in [0.25, 0.3) is 0 Å². The predicted molar refractivity (Wildman–Crippen MR) is 133 cm³/mol. The minimum atomic E-state index is -0.209. The van der Waals surface area contributed by atoms with Gasteiger partial charge in [0.1, 0.15) is 0 Å². The number of aliphatic hydroxyl groups is 1. The first kappa shape index (κ1) is 24.7. The number of hydrogen-bond acceptors (Lipinski definition) is 2. The maximum atomic E-state index is 14.0. The SMILES string of the molecule is CC1=NC2CCCCC2CC1CC1CC(C(O)C(C)CC2CCCC(C)C2)CCC1CF. The molecule has 3 fully saturated rings. The summed E-state index contributed by atoms with van der Waals surface area (Å²) in [6, 6.07) is 0.571. The van der Waals surface area contributed by atoms with Crippen LogP contribution in [-0.2, 0) is 0 Å². The Morgan fingerprint density at radius 1 is 0.969 bits per heavy atom. The van der Waals surface area contributed by atoms with Crippen molar-refractivity contribution in [3.63, 3.8) is 0 Å². The fraction of sp³-hybridized carbons (Fsp3) is 0.966. The van der Waals surface area contributed by atoms with Gasteiger partial charge in [-0.2, -0.15) is 0 Å². The Balaban J connectivity index is 1.35. The number of hydrogen-bond donors (Lipinski definition) is 1. The van der Waals surface area contributed by atoms with Gasteiger partial charge in [0.25, 0.3) is 0 Å². The minimum absolute atomic E-state index is 0.183. The van der Waals surface area contributed by atoms with Crippen LogP contribution in [0.15, 0.2) is 4.99 Å². The van der Waals surface area contributed by atoms with Crippen LogP contribution in [0.5, 0.6) is 0 Å². The van der Waals surface area contributed by atoms with Crippen LogP contribution in [0.2, 0.25) is 0 Å². The lowest BCUT2D eigenvalue weighted by Gasteiger charge is -2.42. The molecular formula is C29H50FNO. The molecule has 2 nitrogen and oxygen atoms in total. The van der Waals surface area contributed by atoms with E-state index in [4.69, 9.17) is 4.99 Å². The Hall–Kier alpha value is -0.440. The van der Waals surface area contributed by atoms with Crippen LogP contribution in [0.1, 0.15) is 111 Å². The van der Waals surface area contributed by atoms with Gasteiger partial charge in [-0.1, -0.05) is 46.0 Å². The summed E-state index contributed by atoms with van der Waals surface area (Å²) in [6.07, 6.45) is 17.1. The average Bonchev–Trinajstić information content (AvgIpc) is 2.79. The molecule has 0 aromatic rings. The Morgan fingerprint density at radius 2 is 1.78 bits per heavy atom. The Morgan fingerprint density at radius 3 is 2.56 bits per heavy atom. The molecule has 0 spiro atoms. The van der Waals surface area contributed by atoms with Crippen LogP contribution in [0.4, 0.5) is 4.39 Å². The van der Waals surface area contributed by atoms with Gasteiger partial charge in [0.05, 0.1) is 18.8 Å². The van der Waals surface area contributed by atoms with E-state index >= 15 is 0 Å². The van der Waals surface area contributed by atoms with Crippen LogP contribution in [0, 0.1) is 47.3 Å². The van der Waals surface area contributed by atoms with Crippen molar-refractivity contribution in [1.82, 2.24) is 0 Å². The molecule has 10 unspecified atom stereocenters. The molecule has 0 radical (unpaired) electrons. The van der Waals surface area contributed by atoms with Crippen molar-refractivity contribution < 1.29 is 9.50 Å². The van der Waals surface area contributed by atoms with Crippen LogP contribution >= 0.6 is 0 Å². The van der Waals surface area contributed by atoms with Crippen molar-refractivity contribution in [3.05, 3.63) is 0 Å². The summed E-state index contributed by atoms with van der Waals surface area (Å²) >= 11 is 0. The van der Waals surface area contributed by atoms with Crippen molar-refractivity contribution in [1.29, 1.82) is 0 Å². The second kappa shape index (κ2) is 11.3. The van der Waals surface area contributed by atoms with Gasteiger partial charge in [0, 0.05) is 5.71 Å². The molecule has 3 aliphatic carbocycles. The lowest BCUT2D eigenvalue weighted by molar-refractivity contribution is -0.00214. The lowest BCUT2D eigenvalue weighted by Crippen LogP contribution is -2.39. The normalized spacial score (nSPS) is 42.6. The van der Waals surface area contributed by atoms with Crippen molar-refractivity contribution >= 4 is 5.71 Å². The third-order valence-electron chi connectivity index (χ3n) is 10.2. The van der Waals surface area contributed by atoms with E-state index in [-0.39, 0.29) is 18.7 Å². The fourth-order valence-corrected chi connectivity index (χ4v) is 8.24. The van der Waals surface area contributed by atoms with E-state index in [0.29, 0.717) is 29.7 Å². The highest BCUT2D eigenvalue weighted by atomic mass is 19.1. The first-order chi connectivity index (χ1) is 15.4. The maximum absolute atomic E-state index is 14.0. The van der Waals surface area contributed by atoms with Crippen LogP contribution in [-0.4, -0.2) is 29.6 Å². The van der Waals surface area contributed by atoms with E-state index < -0.39 is 0 Å². The number of fused-ring (bicyclic) bond motifs is 1. The van der Waals surface area contributed by atoms with Gasteiger partial charge in [-0.25, -0.2) is 0 Å². The van der Waals surface area contributed by atoms with Gasteiger partial charge in [-0.15, -0.1) is 0 Å². The fourth-order valence-electron chi connectivity index (χ4n) is 8.24. The number of aliphatic imine (C=N–C) groups is 1. The lowest BCUT2D eigenvalue weighted by atomic mass is 9.65. The monoisotopic (exact) mass is 447 g/mol. The molecule has 1 aliphatic heterocycles. The highest BCUT2D eigenvalue weighted by molar-refractivity contribution is 5.85. The molecule has 184 valence electrons. The van der Waals surface area contributed by atoms with Gasteiger partial charge < -0.3 is 5.11 Å². The molecule has 0 aromatic heterocycles. The molecule has 3 heteroatoms. The van der Waals surface area contributed by atoms with Crippen molar-refractivity contribution in [3.8, 4) is 0 Å². The average molecular weight is 448 g/mol. The van der Waals surface area contributed by atoms with Gasteiger partial charge in [0.15, 0.2) is 0 Å². The molecule has 1 N–H and O–H groups in total. The van der Waals surface area contributed by atoms with E-state index in [9.17, 15) is 9.50 Å². The Labute approximate surface area is 197 Å². The largest absolute Gasteiger partial charge is 0.393 e. The van der Waals surface area contributed by atoms with E-state index in [1.165, 1.54) is 69.9 Å². The summed E-state index contributed by atoms with van der Waals surface area (Å²) in [4.78, 5) is 5.13. The van der Waals surface area contributed by atoms with Crippen molar-refractivity contribution in [2.24, 2.45) is 52.3 Å². The number of nitrogens with zero attached hydrogens (tertiary/aromatic N) is 1. The minimum Gasteiger partial charge on any atom is -0.393 e. The molecule has 3 saturated carbocycles. The van der Waals surface area contributed by atoms with E-state index in [1.54, 1.807) is 0 Å². The van der Waals surface area contributed by atoms with E-state index in [1.807, 2.05) is 0 Å². The smallest absolute Gasteiger partial charge is 0.0925 e. The molecule has 10 atom stereocenters. The summed E-state index contributed by atoms with van der Waals surface area (Å²) in [6.45, 7) is 6.73. The van der Waals surface area contributed by atoms with E-state index in [0.717, 1.165) is 43.4 Å². The molecule has 4 rings (SSSR count). The third-order valence-corrected chi connectivity index (χ3v) is 10.2. The Kier molecular flexibility index (Phi) is 8.73. The highest BCUT2D eigenvalue weighted by Gasteiger charge is 2.39. The highest BCUT2D eigenvalue weighted by Crippen LogP contribution is 2.45. The summed E-state index contributed by atoms with van der Waals surface area (Å²) < 4.78 is 14.0. The molecule has 0 bridgehead atoms. The topological polar surface area (TPSA) is 32.6 Å². The Bertz CT molecular complexity index is 620. The first-order valence-electron chi connectivity index (χ1n) is 14.2. The second-order valence-electron chi connectivity index (χ2n) is 12.6. The summed E-state index contributed by atoms with van der Waals surface area (Å²) in [5.74, 6) is 4.32. The van der Waals surface area contributed by atoms with Gasteiger partial charge in [0.2, 0.25) is 0 Å². The van der Waals surface area contributed by atoms with Gasteiger partial charge in [-0.3, -0.25) is 9.38 Å².